The van der Waals surface area contributed by atoms with Crippen molar-refractivity contribution in [1.29, 1.82) is 0 Å². The van der Waals surface area contributed by atoms with Gasteiger partial charge < -0.3 is 15.4 Å². The van der Waals surface area contributed by atoms with Gasteiger partial charge in [0.1, 0.15) is 5.75 Å². The van der Waals surface area contributed by atoms with E-state index in [9.17, 15) is 9.59 Å². The van der Waals surface area contributed by atoms with Gasteiger partial charge in [0, 0.05) is 35.9 Å². The highest BCUT2D eigenvalue weighted by Crippen LogP contribution is 2.34. The second-order valence-corrected chi connectivity index (χ2v) is 9.53. The third-order valence-corrected chi connectivity index (χ3v) is 6.93. The molecule has 0 saturated carbocycles. The van der Waals surface area contributed by atoms with E-state index in [1.165, 1.54) is 16.9 Å². The minimum Gasteiger partial charge on any atom is -0.410 e. The quantitative estimate of drug-likeness (QED) is 0.557. The first-order valence-electron chi connectivity index (χ1n) is 11.2. The first kappa shape index (κ1) is 23.0. The molecule has 1 aliphatic rings. The number of ether oxygens (including phenoxy) is 1. The van der Waals surface area contributed by atoms with Crippen LogP contribution in [0.2, 0.25) is 0 Å². The fourth-order valence-electron chi connectivity index (χ4n) is 4.08. The van der Waals surface area contributed by atoms with Crippen LogP contribution in [0.4, 0.5) is 4.79 Å². The Morgan fingerprint density at radius 3 is 2.48 bits per heavy atom. The molecule has 0 bridgehead atoms. The highest BCUT2D eigenvalue weighted by Gasteiger charge is 2.23. The van der Waals surface area contributed by atoms with Gasteiger partial charge in [0.25, 0.3) is 0 Å². The number of hydrogen-bond donors (Lipinski definition) is 1. The largest absolute Gasteiger partial charge is 0.415 e. The third kappa shape index (κ3) is 6.00. The van der Waals surface area contributed by atoms with Crippen LogP contribution in [0, 0.1) is 6.92 Å². The van der Waals surface area contributed by atoms with Gasteiger partial charge in [-0.25, -0.2) is 4.79 Å². The van der Waals surface area contributed by atoms with E-state index in [1.807, 2.05) is 25.1 Å². The monoisotopic (exact) mass is 463 g/mol. The average molecular weight is 464 g/mol. The van der Waals surface area contributed by atoms with Gasteiger partial charge in [-0.2, -0.15) is 0 Å². The summed E-state index contributed by atoms with van der Waals surface area (Å²) in [6, 6.07) is 19.6. The van der Waals surface area contributed by atoms with Gasteiger partial charge in [-0.3, -0.25) is 9.69 Å². The van der Waals surface area contributed by atoms with Crippen molar-refractivity contribution in [3.05, 3.63) is 76.7 Å². The number of benzene rings is 2. The number of thiophene rings is 1. The van der Waals surface area contributed by atoms with Crippen LogP contribution < -0.4 is 10.5 Å². The molecule has 1 aromatic heterocycles. The molecule has 0 atom stereocenters. The number of carbonyl (C=O) groups is 2. The van der Waals surface area contributed by atoms with E-state index in [0.29, 0.717) is 24.4 Å². The van der Waals surface area contributed by atoms with Crippen molar-refractivity contribution in [2.75, 3.05) is 32.7 Å². The lowest BCUT2D eigenvalue weighted by molar-refractivity contribution is 0.100. The zero-order chi connectivity index (χ0) is 23.2. The molecule has 0 aliphatic carbocycles. The Hall–Kier alpha value is -3.16. The molecule has 1 fully saturated rings. The SMILES string of the molecule is Cc1cc(C(N)=O)c(-c2cccc(OC(=O)N3CCN(CCCc4ccccc4)CC3)c2)s1. The maximum absolute atomic E-state index is 12.7. The van der Waals surface area contributed by atoms with Crippen molar-refractivity contribution in [2.45, 2.75) is 19.8 Å². The van der Waals surface area contributed by atoms with Crippen LogP contribution in [-0.4, -0.2) is 54.5 Å². The van der Waals surface area contributed by atoms with E-state index in [0.717, 1.165) is 47.8 Å². The predicted molar refractivity (Wildman–Crippen MR) is 132 cm³/mol. The molecule has 1 saturated heterocycles. The maximum Gasteiger partial charge on any atom is 0.415 e. The number of rotatable bonds is 7. The number of primary amides is 1. The molecule has 2 aromatic carbocycles. The fourth-order valence-corrected chi connectivity index (χ4v) is 5.10. The van der Waals surface area contributed by atoms with Gasteiger partial charge in [-0.05, 0) is 55.6 Å². The molecule has 0 spiro atoms. The normalized spacial score (nSPS) is 14.3. The van der Waals surface area contributed by atoms with E-state index < -0.39 is 5.91 Å². The summed E-state index contributed by atoms with van der Waals surface area (Å²) in [5, 5.41) is 0. The number of nitrogens with two attached hydrogens (primary N) is 1. The average Bonchev–Trinajstić information content (AvgIpc) is 3.22. The Morgan fingerprint density at radius 1 is 1.00 bits per heavy atom. The van der Waals surface area contributed by atoms with E-state index >= 15 is 0 Å². The van der Waals surface area contributed by atoms with Crippen LogP contribution in [0.3, 0.4) is 0 Å². The Balaban J connectivity index is 1.29. The van der Waals surface area contributed by atoms with Crippen molar-refractivity contribution < 1.29 is 14.3 Å². The van der Waals surface area contributed by atoms with Crippen LogP contribution in [0.5, 0.6) is 5.75 Å². The second kappa shape index (κ2) is 10.6. The Bertz CT molecular complexity index is 1100. The summed E-state index contributed by atoms with van der Waals surface area (Å²) in [4.78, 5) is 30.4. The molecular weight excluding hydrogens is 434 g/mol. The van der Waals surface area contributed by atoms with Crippen LogP contribution >= 0.6 is 11.3 Å². The molecule has 6 nitrogen and oxygen atoms in total. The minimum absolute atomic E-state index is 0.339. The number of amides is 2. The number of carbonyl (C=O) groups excluding carboxylic acids is 2. The number of piperazine rings is 1. The summed E-state index contributed by atoms with van der Waals surface area (Å²) in [6.45, 7) is 5.97. The first-order valence-corrected chi connectivity index (χ1v) is 12.0. The molecule has 33 heavy (non-hydrogen) atoms. The highest BCUT2D eigenvalue weighted by molar-refractivity contribution is 7.15. The number of hydrogen-bond acceptors (Lipinski definition) is 5. The molecule has 0 unspecified atom stereocenters. The van der Waals surface area contributed by atoms with Crippen LogP contribution in [-0.2, 0) is 6.42 Å². The Kier molecular flexibility index (Phi) is 7.42. The highest BCUT2D eigenvalue weighted by atomic mass is 32.1. The minimum atomic E-state index is -0.460. The van der Waals surface area contributed by atoms with Gasteiger partial charge in [-0.1, -0.05) is 42.5 Å². The van der Waals surface area contributed by atoms with Crippen molar-refractivity contribution in [2.24, 2.45) is 5.73 Å². The zero-order valence-corrected chi connectivity index (χ0v) is 19.6. The van der Waals surface area contributed by atoms with Gasteiger partial charge in [0.05, 0.1) is 5.56 Å². The third-order valence-electron chi connectivity index (χ3n) is 5.84. The topological polar surface area (TPSA) is 75.9 Å². The molecule has 7 heteroatoms. The molecule has 1 aliphatic heterocycles. The lowest BCUT2D eigenvalue weighted by atomic mass is 10.1. The van der Waals surface area contributed by atoms with Crippen molar-refractivity contribution in [3.63, 3.8) is 0 Å². The van der Waals surface area contributed by atoms with Gasteiger partial charge in [-0.15, -0.1) is 11.3 Å². The second-order valence-electron chi connectivity index (χ2n) is 8.28. The number of nitrogens with zero attached hydrogens (tertiary/aromatic N) is 2. The molecule has 0 radical (unpaired) electrons. The van der Waals surface area contributed by atoms with Crippen molar-refractivity contribution in [3.8, 4) is 16.2 Å². The summed E-state index contributed by atoms with van der Waals surface area (Å²) < 4.78 is 5.65. The molecular formula is C26H29N3O3S. The smallest absolute Gasteiger partial charge is 0.410 e. The zero-order valence-electron chi connectivity index (χ0n) is 18.8. The van der Waals surface area contributed by atoms with Gasteiger partial charge in [0.15, 0.2) is 0 Å². The standard InChI is InChI=1S/C26H29N3O3S/c1-19-17-23(25(27)30)24(33-19)21-10-5-11-22(18-21)32-26(31)29-15-13-28(14-16-29)12-6-9-20-7-3-2-4-8-20/h2-5,7-8,10-11,17-18H,6,9,12-16H2,1H3,(H2,27,30). The lowest BCUT2D eigenvalue weighted by Gasteiger charge is -2.34. The summed E-state index contributed by atoms with van der Waals surface area (Å²) >= 11 is 1.50. The Labute approximate surface area is 198 Å². The molecule has 2 N–H and O–H groups in total. The lowest BCUT2D eigenvalue weighted by Crippen LogP contribution is -2.49. The molecule has 4 rings (SSSR count). The van der Waals surface area contributed by atoms with E-state index in [1.54, 1.807) is 23.1 Å². The number of aryl methyl sites for hydroxylation is 2. The van der Waals surface area contributed by atoms with Gasteiger partial charge in [0.2, 0.25) is 5.91 Å². The van der Waals surface area contributed by atoms with E-state index in [4.69, 9.17) is 10.5 Å². The van der Waals surface area contributed by atoms with E-state index in [-0.39, 0.29) is 6.09 Å². The summed E-state index contributed by atoms with van der Waals surface area (Å²) in [5.74, 6) is 0.00245. The molecule has 2 amide bonds. The molecule has 3 aromatic rings. The van der Waals surface area contributed by atoms with Crippen molar-refractivity contribution >= 4 is 23.3 Å². The fraction of sp³-hybridized carbons (Fsp3) is 0.308. The summed E-state index contributed by atoms with van der Waals surface area (Å²) in [5.41, 5.74) is 8.19. The van der Waals surface area contributed by atoms with Crippen LogP contribution in [0.15, 0.2) is 60.7 Å². The molecule has 2 heterocycles. The van der Waals surface area contributed by atoms with Crippen molar-refractivity contribution in [1.82, 2.24) is 9.80 Å². The summed E-state index contributed by atoms with van der Waals surface area (Å²) in [6.07, 6.45) is 1.84. The predicted octanol–water partition coefficient (Wildman–Crippen LogP) is 4.57. The molecule has 172 valence electrons. The van der Waals surface area contributed by atoms with Gasteiger partial charge >= 0.3 is 6.09 Å². The van der Waals surface area contributed by atoms with Crippen LogP contribution in [0.25, 0.3) is 10.4 Å². The maximum atomic E-state index is 12.7. The summed E-state index contributed by atoms with van der Waals surface area (Å²) in [7, 11) is 0. The Morgan fingerprint density at radius 2 is 1.76 bits per heavy atom. The first-order chi connectivity index (χ1) is 16.0. The van der Waals surface area contributed by atoms with Crippen LogP contribution in [0.1, 0.15) is 27.2 Å². The van der Waals surface area contributed by atoms with E-state index in [2.05, 4.69) is 29.2 Å².